The van der Waals surface area contributed by atoms with E-state index in [1.54, 1.807) is 12.1 Å². The van der Waals surface area contributed by atoms with Crippen molar-refractivity contribution in [3.63, 3.8) is 0 Å². The lowest BCUT2D eigenvalue weighted by molar-refractivity contribution is -0.0381. The summed E-state index contributed by atoms with van der Waals surface area (Å²) in [6.45, 7) is 0.789. The van der Waals surface area contributed by atoms with Crippen molar-refractivity contribution >= 4 is 27.6 Å². The zero-order valence-electron chi connectivity index (χ0n) is 13.0. The second-order valence-corrected chi connectivity index (χ2v) is 7.29. The first-order valence-corrected chi connectivity index (χ1v) is 8.93. The van der Waals surface area contributed by atoms with Crippen LogP contribution >= 0.6 is 15.9 Å². The summed E-state index contributed by atoms with van der Waals surface area (Å²) in [4.78, 5) is 11.1. The second-order valence-electron chi connectivity index (χ2n) is 6.38. The van der Waals surface area contributed by atoms with Crippen LogP contribution in [0.2, 0.25) is 0 Å². The Bertz CT molecular complexity index is 775. The molecular weight excluding hydrogens is 370 g/mol. The number of anilines is 1. The maximum atomic E-state index is 11.1. The molecule has 0 unspecified atom stereocenters. The molecule has 0 radical (unpaired) electrons. The molecule has 4 nitrogen and oxygen atoms in total. The van der Waals surface area contributed by atoms with Crippen molar-refractivity contribution < 1.29 is 14.6 Å². The highest BCUT2D eigenvalue weighted by molar-refractivity contribution is 9.10. The molecule has 0 bridgehead atoms. The van der Waals surface area contributed by atoms with Crippen LogP contribution in [0.25, 0.3) is 0 Å². The minimum Gasteiger partial charge on any atom is -0.478 e. The molecule has 1 saturated heterocycles. The van der Waals surface area contributed by atoms with Gasteiger partial charge in [0.25, 0.3) is 0 Å². The van der Waals surface area contributed by atoms with Gasteiger partial charge in [-0.25, -0.2) is 4.79 Å². The summed E-state index contributed by atoms with van der Waals surface area (Å²) in [6, 6.07) is 13.5. The van der Waals surface area contributed by atoms with Gasteiger partial charge in [-0.3, -0.25) is 0 Å². The van der Waals surface area contributed by atoms with Crippen LogP contribution in [0.15, 0.2) is 46.9 Å². The summed E-state index contributed by atoms with van der Waals surface area (Å²) in [7, 11) is 0. The molecule has 3 atom stereocenters. The van der Waals surface area contributed by atoms with E-state index in [1.807, 2.05) is 18.2 Å². The summed E-state index contributed by atoms with van der Waals surface area (Å²) >= 11 is 3.55. The van der Waals surface area contributed by atoms with E-state index in [2.05, 4.69) is 33.4 Å². The first-order chi connectivity index (χ1) is 11.6. The average molecular weight is 388 g/mol. The minimum absolute atomic E-state index is 0.0802. The van der Waals surface area contributed by atoms with Gasteiger partial charge in [-0.15, -0.1) is 0 Å². The van der Waals surface area contributed by atoms with Crippen LogP contribution in [-0.2, 0) is 4.74 Å². The maximum absolute atomic E-state index is 11.1. The molecule has 2 aromatic rings. The fourth-order valence-corrected chi connectivity index (χ4v) is 4.18. The van der Waals surface area contributed by atoms with Crippen LogP contribution in [0, 0.1) is 5.92 Å². The summed E-state index contributed by atoms with van der Waals surface area (Å²) in [5.41, 5.74) is 3.71. The van der Waals surface area contributed by atoms with Gasteiger partial charge in [0.1, 0.15) is 0 Å². The third-order valence-electron chi connectivity index (χ3n) is 4.94. The fourth-order valence-electron chi connectivity index (χ4n) is 3.80. The van der Waals surface area contributed by atoms with Gasteiger partial charge in [0.2, 0.25) is 0 Å². The number of rotatable bonds is 2. The molecule has 1 fully saturated rings. The molecule has 0 amide bonds. The quantitative estimate of drug-likeness (QED) is 0.777. The van der Waals surface area contributed by atoms with Crippen LogP contribution in [0.1, 0.15) is 46.5 Å². The number of ether oxygens (including phenoxy) is 1. The van der Waals surface area contributed by atoms with Crippen molar-refractivity contribution in [3.8, 4) is 0 Å². The Balaban J connectivity index is 1.73. The van der Waals surface area contributed by atoms with Gasteiger partial charge < -0.3 is 15.2 Å². The standard InChI is InChI=1S/C19H18BrNO3/c20-13-7-8-16-15(10-13)18-14(2-1-9-24-18)17(21-16)11-3-5-12(6-4-11)19(22)23/h3-8,10,14,17-18,21H,1-2,9H2,(H,22,23)/t14-,17-,18-/m1/s1. The Hall–Kier alpha value is -1.85. The molecular formula is C19H18BrNO3. The van der Waals surface area contributed by atoms with Crippen LogP contribution in [0.3, 0.4) is 0 Å². The van der Waals surface area contributed by atoms with Gasteiger partial charge >= 0.3 is 5.97 Å². The second kappa shape index (κ2) is 6.22. The molecule has 5 heteroatoms. The highest BCUT2D eigenvalue weighted by atomic mass is 79.9. The number of hydrogen-bond acceptors (Lipinski definition) is 3. The van der Waals surface area contributed by atoms with E-state index in [-0.39, 0.29) is 12.1 Å². The van der Waals surface area contributed by atoms with Crippen molar-refractivity contribution in [2.45, 2.75) is 25.0 Å². The lowest BCUT2D eigenvalue weighted by Crippen LogP contribution is -2.36. The molecule has 24 heavy (non-hydrogen) atoms. The zero-order chi connectivity index (χ0) is 16.7. The molecule has 124 valence electrons. The average Bonchev–Trinajstić information content (AvgIpc) is 2.61. The Morgan fingerprint density at radius 1 is 1.21 bits per heavy atom. The lowest BCUT2D eigenvalue weighted by atomic mass is 9.77. The zero-order valence-corrected chi connectivity index (χ0v) is 14.6. The van der Waals surface area contributed by atoms with E-state index < -0.39 is 5.97 Å². The number of halogens is 1. The number of fused-ring (bicyclic) bond motifs is 3. The third-order valence-corrected chi connectivity index (χ3v) is 5.44. The van der Waals surface area contributed by atoms with E-state index in [1.165, 1.54) is 5.56 Å². The Kier molecular flexibility index (Phi) is 4.06. The number of hydrogen-bond donors (Lipinski definition) is 2. The van der Waals surface area contributed by atoms with Crippen molar-refractivity contribution in [2.75, 3.05) is 11.9 Å². The highest BCUT2D eigenvalue weighted by Crippen LogP contribution is 2.49. The molecule has 2 aromatic carbocycles. The van der Waals surface area contributed by atoms with Crippen molar-refractivity contribution in [1.29, 1.82) is 0 Å². The molecule has 0 spiro atoms. The highest BCUT2D eigenvalue weighted by Gasteiger charge is 2.39. The monoisotopic (exact) mass is 387 g/mol. The Labute approximate surface area is 149 Å². The van der Waals surface area contributed by atoms with Crippen LogP contribution < -0.4 is 5.32 Å². The summed E-state index contributed by atoms with van der Waals surface area (Å²) < 4.78 is 7.18. The van der Waals surface area contributed by atoms with Crippen LogP contribution in [0.4, 0.5) is 5.69 Å². The maximum Gasteiger partial charge on any atom is 0.335 e. The van der Waals surface area contributed by atoms with E-state index in [0.29, 0.717) is 11.5 Å². The van der Waals surface area contributed by atoms with Gasteiger partial charge in [0.15, 0.2) is 0 Å². The molecule has 2 N–H and O–H groups in total. The van der Waals surface area contributed by atoms with Crippen molar-refractivity contribution in [3.05, 3.63) is 63.6 Å². The molecule has 4 rings (SSSR count). The van der Waals surface area contributed by atoms with E-state index >= 15 is 0 Å². The molecule has 0 aliphatic carbocycles. The first-order valence-electron chi connectivity index (χ1n) is 8.14. The van der Waals surface area contributed by atoms with Gasteiger partial charge in [-0.1, -0.05) is 28.1 Å². The van der Waals surface area contributed by atoms with Gasteiger partial charge in [-0.05, 0) is 48.7 Å². The lowest BCUT2D eigenvalue weighted by Gasteiger charge is -2.43. The summed E-state index contributed by atoms with van der Waals surface area (Å²) in [5.74, 6) is -0.552. The van der Waals surface area contributed by atoms with Gasteiger partial charge in [-0.2, -0.15) is 0 Å². The molecule has 0 aromatic heterocycles. The Morgan fingerprint density at radius 3 is 2.75 bits per heavy atom. The first kappa shape index (κ1) is 15.7. The van der Waals surface area contributed by atoms with Crippen molar-refractivity contribution in [2.24, 2.45) is 5.92 Å². The third kappa shape index (κ3) is 2.72. The van der Waals surface area contributed by atoms with E-state index in [4.69, 9.17) is 9.84 Å². The Morgan fingerprint density at radius 2 is 2.00 bits per heavy atom. The predicted octanol–water partition coefficient (Wildman–Crippen LogP) is 4.78. The number of carbonyl (C=O) groups is 1. The summed E-state index contributed by atoms with van der Waals surface area (Å²) in [6.07, 6.45) is 2.22. The largest absolute Gasteiger partial charge is 0.478 e. The SMILES string of the molecule is O=C(O)c1ccc([C@H]2Nc3ccc(Br)cc3[C@@H]3OCCC[C@H]23)cc1. The van der Waals surface area contributed by atoms with Crippen LogP contribution in [0.5, 0.6) is 0 Å². The molecule has 2 aliphatic heterocycles. The molecule has 2 aliphatic rings. The van der Waals surface area contributed by atoms with Crippen molar-refractivity contribution in [1.82, 2.24) is 0 Å². The molecule has 0 saturated carbocycles. The fraction of sp³-hybridized carbons (Fsp3) is 0.316. The number of carboxylic acids is 1. The predicted molar refractivity (Wildman–Crippen MR) is 95.3 cm³/mol. The van der Waals surface area contributed by atoms with E-state index in [0.717, 1.165) is 35.2 Å². The van der Waals surface area contributed by atoms with E-state index in [9.17, 15) is 4.79 Å². The minimum atomic E-state index is -0.896. The van der Waals surface area contributed by atoms with Crippen LogP contribution in [-0.4, -0.2) is 17.7 Å². The number of benzene rings is 2. The number of nitrogens with one attached hydrogen (secondary N) is 1. The van der Waals surface area contributed by atoms with Gasteiger partial charge in [0, 0.05) is 28.2 Å². The number of carboxylic acid groups (broad SMARTS) is 1. The normalized spacial score (nSPS) is 25.3. The van der Waals surface area contributed by atoms with Gasteiger partial charge in [0.05, 0.1) is 17.7 Å². The topological polar surface area (TPSA) is 58.6 Å². The number of aromatic carboxylic acids is 1. The molecule has 2 heterocycles. The summed E-state index contributed by atoms with van der Waals surface area (Å²) in [5, 5.41) is 12.7. The smallest absolute Gasteiger partial charge is 0.335 e.